The Balaban J connectivity index is 1.92. The molecule has 1 aliphatic heterocycles. The zero-order chi connectivity index (χ0) is 30.7. The lowest BCUT2D eigenvalue weighted by Crippen LogP contribution is -2.57. The Labute approximate surface area is 237 Å². The Kier molecular flexibility index (Phi) is 9.80. The summed E-state index contributed by atoms with van der Waals surface area (Å²) in [5.74, 6) is -2.20. The molecule has 0 radical (unpaired) electrons. The van der Waals surface area contributed by atoms with E-state index in [2.05, 4.69) is 20.6 Å². The molecule has 3 rings (SSSR count). The summed E-state index contributed by atoms with van der Waals surface area (Å²) < 4.78 is 67.4. The van der Waals surface area contributed by atoms with Crippen LogP contribution in [0.2, 0.25) is 5.02 Å². The molecule has 1 aliphatic rings. The molecule has 0 saturated carbocycles. The van der Waals surface area contributed by atoms with E-state index in [0.717, 1.165) is 11.0 Å². The van der Waals surface area contributed by atoms with Gasteiger partial charge in [-0.05, 0) is 51.5 Å². The van der Waals surface area contributed by atoms with Gasteiger partial charge in [-0.2, -0.15) is 22.0 Å². The van der Waals surface area contributed by atoms with Crippen LogP contribution in [0.4, 0.5) is 27.6 Å². The third-order valence-electron chi connectivity index (χ3n) is 6.07. The molecule has 0 unspecified atom stereocenters. The Morgan fingerprint density at radius 1 is 1.24 bits per heavy atom. The number of fused-ring (bicyclic) bond motifs is 1. The summed E-state index contributed by atoms with van der Waals surface area (Å²) in [4.78, 5) is 33.8. The monoisotopic (exact) mass is 604 g/mol. The van der Waals surface area contributed by atoms with Gasteiger partial charge < -0.3 is 26.4 Å². The Morgan fingerprint density at radius 3 is 2.49 bits per heavy atom. The molecule has 1 aromatic heterocycles. The number of nitrogens with two attached hydrogens (primary N) is 1. The van der Waals surface area contributed by atoms with Crippen molar-refractivity contribution in [3.05, 3.63) is 46.3 Å². The van der Waals surface area contributed by atoms with Gasteiger partial charge in [-0.25, -0.2) is 4.98 Å². The average Bonchev–Trinajstić information content (AvgIpc) is 2.84. The number of aliphatic imine (C=N–C) groups is 1. The highest BCUT2D eigenvalue weighted by Crippen LogP contribution is 2.35. The molecule has 0 aliphatic carbocycles. The lowest BCUT2D eigenvalue weighted by Gasteiger charge is -2.39. The highest BCUT2D eigenvalue weighted by atomic mass is 35.5. The summed E-state index contributed by atoms with van der Waals surface area (Å²) >= 11 is 6.06. The number of nitrogens with zero attached hydrogens (tertiary/aromatic N) is 3. The van der Waals surface area contributed by atoms with Crippen molar-refractivity contribution < 1.29 is 36.6 Å². The first kappa shape index (κ1) is 32.0. The number of hydrogen-bond acceptors (Lipinski definition) is 7. The molecule has 0 bridgehead atoms. The number of pyridine rings is 1. The van der Waals surface area contributed by atoms with Crippen LogP contribution < -0.4 is 16.4 Å². The average molecular weight is 605 g/mol. The molecule has 1 saturated heterocycles. The Hall–Kier alpha value is -3.52. The summed E-state index contributed by atoms with van der Waals surface area (Å²) in [7, 11) is 0. The van der Waals surface area contributed by atoms with Crippen LogP contribution >= 0.6 is 11.6 Å². The quantitative estimate of drug-likeness (QED) is 0.206. The van der Waals surface area contributed by atoms with Gasteiger partial charge >= 0.3 is 12.6 Å². The second kappa shape index (κ2) is 12.6. The number of piperidine rings is 1. The van der Waals surface area contributed by atoms with E-state index >= 15 is 0 Å². The number of carbonyl (C=O) groups excluding carboxylic acids is 2. The maximum Gasteiger partial charge on any atom is 0.433 e. The highest BCUT2D eigenvalue weighted by Gasteiger charge is 2.36. The molecule has 41 heavy (non-hydrogen) atoms. The number of amides is 2. The van der Waals surface area contributed by atoms with Gasteiger partial charge in [0.1, 0.15) is 5.69 Å². The number of likely N-dealkylation sites (tertiary alicyclic amines) is 1. The fourth-order valence-corrected chi connectivity index (χ4v) is 4.44. The number of alkyl halides is 5. The number of aromatic nitrogens is 1. The van der Waals surface area contributed by atoms with Crippen molar-refractivity contribution >= 4 is 46.2 Å². The number of anilines is 1. The lowest BCUT2D eigenvalue weighted by atomic mass is 9.99. The fourth-order valence-electron chi connectivity index (χ4n) is 4.27. The van der Waals surface area contributed by atoms with Gasteiger partial charge in [-0.1, -0.05) is 11.6 Å². The first-order chi connectivity index (χ1) is 18.9. The molecule has 2 amide bonds. The zero-order valence-corrected chi connectivity index (χ0v) is 23.2. The number of hydrogen-bond donors (Lipinski definition) is 4. The summed E-state index contributed by atoms with van der Waals surface area (Å²) in [5, 5.41) is 15.9. The van der Waals surface area contributed by atoms with Gasteiger partial charge in [0.25, 0.3) is 11.8 Å². The second-order valence-electron chi connectivity index (χ2n) is 10.4. The highest BCUT2D eigenvalue weighted by molar-refractivity contribution is 6.31. The minimum absolute atomic E-state index is 0.00792. The maximum absolute atomic E-state index is 13.6. The van der Waals surface area contributed by atoms with E-state index in [1.165, 1.54) is 45.2 Å². The molecular formula is C26H30ClF5N6O3. The molecule has 9 nitrogen and oxygen atoms in total. The fraction of sp³-hybridized carbons (Fsp3) is 0.462. The van der Waals surface area contributed by atoms with E-state index in [-0.39, 0.29) is 58.9 Å². The summed E-state index contributed by atoms with van der Waals surface area (Å²) in [6, 6.07) is 3.15. The topological polar surface area (TPSA) is 133 Å². The van der Waals surface area contributed by atoms with Gasteiger partial charge in [0.2, 0.25) is 0 Å². The van der Waals surface area contributed by atoms with Crippen LogP contribution in [0.5, 0.6) is 0 Å². The largest absolute Gasteiger partial charge is 0.433 e. The number of nitrogens with one attached hydrogen (secondary N) is 2. The summed E-state index contributed by atoms with van der Waals surface area (Å²) in [6.45, 7) is 3.90. The van der Waals surface area contributed by atoms with Crippen molar-refractivity contribution in [2.24, 2.45) is 10.7 Å². The van der Waals surface area contributed by atoms with E-state index < -0.39 is 47.8 Å². The molecule has 5 N–H and O–H groups in total. The molecule has 2 atom stereocenters. The number of aliphatic hydroxyl groups is 1. The molecule has 0 spiro atoms. The second-order valence-corrected chi connectivity index (χ2v) is 10.8. The van der Waals surface area contributed by atoms with Crippen molar-refractivity contribution in [3.63, 3.8) is 0 Å². The van der Waals surface area contributed by atoms with Crippen LogP contribution in [-0.4, -0.2) is 76.8 Å². The normalized spacial score (nSPS) is 19.0. The van der Waals surface area contributed by atoms with E-state index in [4.69, 9.17) is 17.3 Å². The van der Waals surface area contributed by atoms with Crippen LogP contribution in [0.15, 0.2) is 40.5 Å². The zero-order valence-electron chi connectivity index (χ0n) is 22.4. The van der Waals surface area contributed by atoms with Crippen LogP contribution in [0.25, 0.3) is 10.9 Å². The van der Waals surface area contributed by atoms with Crippen molar-refractivity contribution in [1.82, 2.24) is 15.2 Å². The molecule has 1 aromatic carbocycles. The van der Waals surface area contributed by atoms with Gasteiger partial charge in [-0.3, -0.25) is 14.6 Å². The minimum Gasteiger partial charge on any atom is -0.402 e. The number of halogens is 6. The maximum atomic E-state index is 13.6. The van der Waals surface area contributed by atoms with Crippen LogP contribution in [-0.2, 0) is 15.8 Å². The third-order valence-corrected chi connectivity index (χ3v) is 6.31. The Bertz CT molecular complexity index is 1360. The van der Waals surface area contributed by atoms with E-state index in [1.54, 1.807) is 0 Å². The van der Waals surface area contributed by atoms with Crippen molar-refractivity contribution in [2.45, 2.75) is 57.5 Å². The number of benzene rings is 1. The standard InChI is InChI=1S/C26H30ClF5N6O3/c1-13(33)18(9-34-12-25(2,3)41)23(39)36-16-7-15(10-38(11-16)24(40)22(28)29)35-20-8-21(26(30,31)32)37-19-5-4-14(27)6-17(19)20/h4-6,8-9,15-16,22,41H,7,10-12,33H2,1-3H3,(H,35,37)(H,36,39)/b18-13+,34-9?/t15-,16+/m1/s1. The SMILES string of the molecule is C/C(N)=C(/C=NCC(C)(C)O)C(=O)N[C@H]1C[C@@H](Nc2cc(C(F)(F)F)nc3ccc(Cl)cc23)CN(C(=O)C(F)F)C1. The first-order valence-corrected chi connectivity index (χ1v) is 12.8. The molecule has 15 heteroatoms. The molecule has 1 fully saturated rings. The van der Waals surface area contributed by atoms with Gasteiger partial charge in [0.05, 0.1) is 23.2 Å². The Morgan fingerprint density at radius 2 is 1.90 bits per heavy atom. The van der Waals surface area contributed by atoms with Crippen LogP contribution in [0.1, 0.15) is 32.9 Å². The number of rotatable bonds is 8. The van der Waals surface area contributed by atoms with Gasteiger partial charge in [0.15, 0.2) is 0 Å². The van der Waals surface area contributed by atoms with E-state index in [0.29, 0.717) is 0 Å². The number of carbonyl (C=O) groups is 2. The van der Waals surface area contributed by atoms with Crippen LogP contribution in [0, 0.1) is 0 Å². The summed E-state index contributed by atoms with van der Waals surface area (Å²) in [5.41, 5.74) is 3.52. The number of allylic oxidation sites excluding steroid dienone is 1. The minimum atomic E-state index is -4.78. The predicted molar refractivity (Wildman–Crippen MR) is 145 cm³/mol. The smallest absolute Gasteiger partial charge is 0.402 e. The van der Waals surface area contributed by atoms with Crippen molar-refractivity contribution in [2.75, 3.05) is 25.0 Å². The molecular weight excluding hydrogens is 575 g/mol. The van der Waals surface area contributed by atoms with Crippen molar-refractivity contribution in [3.8, 4) is 0 Å². The van der Waals surface area contributed by atoms with E-state index in [9.17, 15) is 36.6 Å². The predicted octanol–water partition coefficient (Wildman–Crippen LogP) is 3.74. The van der Waals surface area contributed by atoms with Gasteiger partial charge in [0, 0.05) is 53.2 Å². The molecule has 2 heterocycles. The first-order valence-electron chi connectivity index (χ1n) is 12.4. The lowest BCUT2D eigenvalue weighted by molar-refractivity contribution is -0.144. The molecule has 224 valence electrons. The van der Waals surface area contributed by atoms with E-state index in [1.807, 2.05) is 0 Å². The van der Waals surface area contributed by atoms with Crippen molar-refractivity contribution in [1.29, 1.82) is 0 Å². The van der Waals surface area contributed by atoms with Gasteiger partial charge in [-0.15, -0.1) is 0 Å². The molecule has 2 aromatic rings. The third kappa shape index (κ3) is 8.73. The summed E-state index contributed by atoms with van der Waals surface area (Å²) in [6.07, 6.45) is -6.88. The van der Waals surface area contributed by atoms with Crippen LogP contribution in [0.3, 0.4) is 0 Å².